The number of halogens is 2. The van der Waals surface area contributed by atoms with Crippen molar-refractivity contribution in [1.82, 2.24) is 0 Å². The standard InChI is InChI=1S/C10H11Cl2NO4/c1-17-10(16)9(15)8(14)5-2-4(11)3-6(12)7(5)13/h2-3,8-9,14-15H,13H2,1H3. The topological polar surface area (TPSA) is 92.8 Å². The number of aliphatic hydroxyl groups excluding tert-OH is 2. The number of hydrogen-bond donors (Lipinski definition) is 3. The molecule has 0 aliphatic carbocycles. The quantitative estimate of drug-likeness (QED) is 0.570. The van der Waals surface area contributed by atoms with Gasteiger partial charge in [-0.05, 0) is 12.1 Å². The van der Waals surface area contributed by atoms with Gasteiger partial charge in [0.15, 0.2) is 6.10 Å². The zero-order chi connectivity index (χ0) is 13.2. The molecule has 0 bridgehead atoms. The van der Waals surface area contributed by atoms with Gasteiger partial charge in [-0.1, -0.05) is 23.2 Å². The Balaban J connectivity index is 3.12. The summed E-state index contributed by atoms with van der Waals surface area (Å²) in [4.78, 5) is 11.1. The molecule has 0 aromatic heterocycles. The van der Waals surface area contributed by atoms with Gasteiger partial charge in [0.2, 0.25) is 0 Å². The predicted molar refractivity (Wildman–Crippen MR) is 63.9 cm³/mol. The zero-order valence-electron chi connectivity index (χ0n) is 8.85. The van der Waals surface area contributed by atoms with Gasteiger partial charge in [-0.2, -0.15) is 0 Å². The lowest BCUT2D eigenvalue weighted by atomic mass is 10.0. The molecule has 94 valence electrons. The fourth-order valence-electron chi connectivity index (χ4n) is 1.27. The predicted octanol–water partition coefficient (Wildman–Crippen LogP) is 1.14. The largest absolute Gasteiger partial charge is 0.467 e. The molecule has 4 N–H and O–H groups in total. The third-order valence-electron chi connectivity index (χ3n) is 2.19. The van der Waals surface area contributed by atoms with Gasteiger partial charge in [-0.15, -0.1) is 0 Å². The molecule has 1 aromatic carbocycles. The summed E-state index contributed by atoms with van der Waals surface area (Å²) in [7, 11) is 1.09. The van der Waals surface area contributed by atoms with Gasteiger partial charge >= 0.3 is 5.97 Å². The Bertz CT molecular complexity index is 439. The number of ether oxygens (including phenoxy) is 1. The highest BCUT2D eigenvalue weighted by molar-refractivity contribution is 6.36. The molecule has 0 spiro atoms. The maximum Gasteiger partial charge on any atom is 0.337 e. The van der Waals surface area contributed by atoms with E-state index >= 15 is 0 Å². The van der Waals surface area contributed by atoms with Crippen molar-refractivity contribution >= 4 is 34.9 Å². The van der Waals surface area contributed by atoms with E-state index in [0.717, 1.165) is 7.11 Å². The molecular weight excluding hydrogens is 269 g/mol. The molecule has 2 atom stereocenters. The summed E-state index contributed by atoms with van der Waals surface area (Å²) in [6, 6.07) is 2.71. The monoisotopic (exact) mass is 279 g/mol. The number of methoxy groups -OCH3 is 1. The number of benzene rings is 1. The van der Waals surface area contributed by atoms with Crippen LogP contribution in [0.3, 0.4) is 0 Å². The Morgan fingerprint density at radius 1 is 1.41 bits per heavy atom. The van der Waals surface area contributed by atoms with Crippen LogP contribution in [0, 0.1) is 0 Å². The van der Waals surface area contributed by atoms with Crippen LogP contribution in [0.4, 0.5) is 5.69 Å². The molecule has 5 nitrogen and oxygen atoms in total. The number of nitrogens with two attached hydrogens (primary N) is 1. The maximum atomic E-state index is 11.1. The Hall–Kier alpha value is -1.01. The van der Waals surface area contributed by atoms with E-state index < -0.39 is 18.2 Å². The van der Waals surface area contributed by atoms with Crippen LogP contribution >= 0.6 is 23.2 Å². The molecule has 0 saturated heterocycles. The Morgan fingerprint density at radius 3 is 2.53 bits per heavy atom. The van der Waals surface area contributed by atoms with E-state index in [0.29, 0.717) is 0 Å². The van der Waals surface area contributed by atoms with Crippen molar-refractivity contribution < 1.29 is 19.7 Å². The highest BCUT2D eigenvalue weighted by atomic mass is 35.5. The average Bonchev–Trinajstić information content (AvgIpc) is 2.30. The van der Waals surface area contributed by atoms with Crippen LogP contribution in [0.2, 0.25) is 10.0 Å². The average molecular weight is 280 g/mol. The fourth-order valence-corrected chi connectivity index (χ4v) is 1.78. The van der Waals surface area contributed by atoms with Crippen LogP contribution < -0.4 is 5.73 Å². The molecule has 0 heterocycles. The van der Waals surface area contributed by atoms with Crippen LogP contribution in [0.25, 0.3) is 0 Å². The van der Waals surface area contributed by atoms with Crippen molar-refractivity contribution in [2.75, 3.05) is 12.8 Å². The van der Waals surface area contributed by atoms with Crippen molar-refractivity contribution in [3.05, 3.63) is 27.7 Å². The van der Waals surface area contributed by atoms with Crippen LogP contribution in [-0.2, 0) is 9.53 Å². The Morgan fingerprint density at radius 2 is 2.00 bits per heavy atom. The smallest absolute Gasteiger partial charge is 0.337 e. The number of anilines is 1. The minimum absolute atomic E-state index is 0.0477. The third kappa shape index (κ3) is 3.01. The molecule has 0 amide bonds. The van der Waals surface area contributed by atoms with Crippen LogP contribution in [-0.4, -0.2) is 29.4 Å². The second-order valence-electron chi connectivity index (χ2n) is 3.30. The van der Waals surface area contributed by atoms with Crippen LogP contribution in [0.15, 0.2) is 12.1 Å². The molecule has 7 heteroatoms. The van der Waals surface area contributed by atoms with Crippen molar-refractivity contribution in [2.45, 2.75) is 12.2 Å². The summed E-state index contributed by atoms with van der Waals surface area (Å²) in [6.45, 7) is 0. The molecule has 1 aromatic rings. The molecule has 2 unspecified atom stereocenters. The number of carbonyl (C=O) groups is 1. The van der Waals surface area contributed by atoms with E-state index in [1.807, 2.05) is 0 Å². The van der Waals surface area contributed by atoms with Crippen LogP contribution in [0.5, 0.6) is 0 Å². The summed E-state index contributed by atoms with van der Waals surface area (Å²) in [6.07, 6.45) is -3.31. The van der Waals surface area contributed by atoms with Crippen molar-refractivity contribution in [3.8, 4) is 0 Å². The van der Waals surface area contributed by atoms with E-state index in [-0.39, 0.29) is 21.3 Å². The first-order chi connectivity index (χ1) is 7.88. The molecule has 0 radical (unpaired) electrons. The lowest BCUT2D eigenvalue weighted by Crippen LogP contribution is -2.29. The van der Waals surface area contributed by atoms with E-state index in [1.165, 1.54) is 12.1 Å². The molecule has 0 aliphatic heterocycles. The van der Waals surface area contributed by atoms with Gasteiger partial charge in [0.05, 0.1) is 17.8 Å². The van der Waals surface area contributed by atoms with Gasteiger partial charge < -0.3 is 20.7 Å². The van der Waals surface area contributed by atoms with E-state index in [4.69, 9.17) is 28.9 Å². The molecule has 0 aliphatic rings. The zero-order valence-corrected chi connectivity index (χ0v) is 10.4. The van der Waals surface area contributed by atoms with Gasteiger partial charge in [-0.3, -0.25) is 0 Å². The van der Waals surface area contributed by atoms with Gasteiger partial charge in [0.1, 0.15) is 6.10 Å². The molecule has 0 fully saturated rings. The fraction of sp³-hybridized carbons (Fsp3) is 0.300. The summed E-state index contributed by atoms with van der Waals surface area (Å²) in [5.41, 5.74) is 5.74. The van der Waals surface area contributed by atoms with Crippen molar-refractivity contribution in [1.29, 1.82) is 0 Å². The van der Waals surface area contributed by atoms with Crippen molar-refractivity contribution in [3.63, 3.8) is 0 Å². The summed E-state index contributed by atoms with van der Waals surface area (Å²) in [5, 5.41) is 19.6. The second kappa shape index (κ2) is 5.55. The van der Waals surface area contributed by atoms with Gasteiger partial charge in [0, 0.05) is 10.6 Å². The number of hydrogen-bond acceptors (Lipinski definition) is 5. The summed E-state index contributed by atoms with van der Waals surface area (Å²) < 4.78 is 4.30. The molecule has 0 saturated carbocycles. The second-order valence-corrected chi connectivity index (χ2v) is 4.15. The number of carbonyl (C=O) groups excluding carboxylic acids is 1. The highest BCUT2D eigenvalue weighted by Crippen LogP contribution is 2.32. The lowest BCUT2D eigenvalue weighted by Gasteiger charge is -2.18. The summed E-state index contributed by atoms with van der Waals surface area (Å²) >= 11 is 11.5. The Kier molecular flexibility index (Phi) is 4.59. The van der Waals surface area contributed by atoms with E-state index in [2.05, 4.69) is 4.74 Å². The Labute approximate surface area is 108 Å². The van der Waals surface area contributed by atoms with Gasteiger partial charge in [-0.25, -0.2) is 4.79 Å². The third-order valence-corrected chi connectivity index (χ3v) is 2.72. The van der Waals surface area contributed by atoms with E-state index in [9.17, 15) is 15.0 Å². The first-order valence-electron chi connectivity index (χ1n) is 4.56. The first-order valence-corrected chi connectivity index (χ1v) is 5.32. The lowest BCUT2D eigenvalue weighted by molar-refractivity contribution is -0.156. The molecule has 17 heavy (non-hydrogen) atoms. The first kappa shape index (κ1) is 14.1. The van der Waals surface area contributed by atoms with Crippen LogP contribution in [0.1, 0.15) is 11.7 Å². The number of esters is 1. The molecule has 1 rings (SSSR count). The molecular formula is C10H11Cl2NO4. The number of rotatable bonds is 3. The van der Waals surface area contributed by atoms with E-state index in [1.54, 1.807) is 0 Å². The normalized spacial score (nSPS) is 14.2. The highest BCUT2D eigenvalue weighted by Gasteiger charge is 2.28. The van der Waals surface area contributed by atoms with Gasteiger partial charge in [0.25, 0.3) is 0 Å². The minimum atomic E-state index is -1.75. The number of nitrogen functional groups attached to an aromatic ring is 1. The summed E-state index contributed by atoms with van der Waals surface area (Å²) in [5.74, 6) is -0.979. The SMILES string of the molecule is COC(=O)C(O)C(O)c1cc(Cl)cc(Cl)c1N. The van der Waals surface area contributed by atoms with Crippen molar-refractivity contribution in [2.24, 2.45) is 0 Å². The maximum absolute atomic E-state index is 11.1. The minimum Gasteiger partial charge on any atom is -0.467 e. The number of aliphatic hydroxyl groups is 2.